The van der Waals surface area contributed by atoms with Gasteiger partial charge >= 0.3 is 12.1 Å². The first-order chi connectivity index (χ1) is 9.97. The molecule has 2 aliphatic heterocycles. The summed E-state index contributed by atoms with van der Waals surface area (Å²) in [6, 6.07) is -0.677. The van der Waals surface area contributed by atoms with E-state index in [1.165, 1.54) is 0 Å². The zero-order valence-corrected chi connectivity index (χ0v) is 11.5. The number of carbonyl (C=O) groups is 2. The van der Waals surface area contributed by atoms with Crippen molar-refractivity contribution < 1.29 is 29.3 Å². The van der Waals surface area contributed by atoms with Gasteiger partial charge in [0, 0.05) is 6.42 Å². The van der Waals surface area contributed by atoms with Gasteiger partial charge in [0.05, 0.1) is 19.3 Å². The summed E-state index contributed by atoms with van der Waals surface area (Å²) >= 11 is 0. The number of nitrogens with two attached hydrogens (primary N) is 1. The molecule has 0 bridgehead atoms. The zero-order chi connectivity index (χ0) is 15.6. The van der Waals surface area contributed by atoms with Crippen molar-refractivity contribution in [2.45, 2.75) is 31.8 Å². The summed E-state index contributed by atoms with van der Waals surface area (Å²) in [6.45, 7) is 1.23. The Morgan fingerprint density at radius 3 is 2.90 bits per heavy atom. The number of aliphatic hydroxyl groups excluding tert-OH is 2. The molecule has 10 heteroatoms. The van der Waals surface area contributed by atoms with Gasteiger partial charge in [0.1, 0.15) is 19.0 Å². The molecule has 10 nitrogen and oxygen atoms in total. The highest BCUT2D eigenvalue weighted by atomic mass is 16.6. The highest BCUT2D eigenvalue weighted by Crippen LogP contribution is 2.25. The molecule has 2 heterocycles. The Kier molecular flexibility index (Phi) is 4.60. The van der Waals surface area contributed by atoms with Crippen LogP contribution in [0.1, 0.15) is 13.3 Å². The normalized spacial score (nSPS) is 29.6. The number of nitrogens with zero attached hydrogens (tertiary/aromatic N) is 3. The van der Waals surface area contributed by atoms with Crippen LogP contribution in [0.2, 0.25) is 0 Å². The van der Waals surface area contributed by atoms with Crippen LogP contribution in [0.4, 0.5) is 9.59 Å². The Morgan fingerprint density at radius 2 is 2.33 bits per heavy atom. The van der Waals surface area contributed by atoms with Crippen molar-refractivity contribution in [3.8, 4) is 0 Å². The Labute approximate surface area is 120 Å². The van der Waals surface area contributed by atoms with E-state index in [1.807, 2.05) is 0 Å². The molecule has 0 spiro atoms. The maximum Gasteiger partial charge on any atom is 0.418 e. The number of hydrogen-bond acceptors (Lipinski definition) is 7. The van der Waals surface area contributed by atoms with E-state index in [9.17, 15) is 14.7 Å². The first-order valence-corrected chi connectivity index (χ1v) is 6.51. The largest absolute Gasteiger partial charge is 0.449 e. The van der Waals surface area contributed by atoms with Gasteiger partial charge in [-0.15, -0.1) is 0 Å². The number of carbonyl (C=O) groups excluding carboxylic acids is 2. The number of urea groups is 1. The van der Waals surface area contributed by atoms with Crippen molar-refractivity contribution in [1.29, 1.82) is 0 Å². The van der Waals surface area contributed by atoms with E-state index >= 15 is 0 Å². The molecule has 0 aromatic heterocycles. The van der Waals surface area contributed by atoms with Gasteiger partial charge in [0.25, 0.3) is 0 Å². The van der Waals surface area contributed by atoms with E-state index < -0.39 is 30.6 Å². The van der Waals surface area contributed by atoms with Gasteiger partial charge < -0.3 is 25.4 Å². The Balaban J connectivity index is 2.11. The topological polar surface area (TPSA) is 138 Å². The Morgan fingerprint density at radius 1 is 1.62 bits per heavy atom. The van der Waals surface area contributed by atoms with Crippen molar-refractivity contribution in [3.63, 3.8) is 0 Å². The summed E-state index contributed by atoms with van der Waals surface area (Å²) in [5, 5.41) is 18.7. The average molecular weight is 302 g/mol. The molecule has 4 N–H and O–H groups in total. The molecule has 3 amide bonds. The predicted molar refractivity (Wildman–Crippen MR) is 69.0 cm³/mol. The summed E-state index contributed by atoms with van der Waals surface area (Å²) < 4.78 is 10.2. The van der Waals surface area contributed by atoms with Crippen molar-refractivity contribution in [3.05, 3.63) is 0 Å². The van der Waals surface area contributed by atoms with Gasteiger partial charge in [-0.3, -0.25) is 4.90 Å². The minimum absolute atomic E-state index is 0.114. The third-order valence-corrected chi connectivity index (χ3v) is 3.25. The van der Waals surface area contributed by atoms with Crippen LogP contribution in [-0.2, 0) is 9.47 Å². The fourth-order valence-corrected chi connectivity index (χ4v) is 2.15. The lowest BCUT2D eigenvalue weighted by molar-refractivity contribution is -0.0705. The van der Waals surface area contributed by atoms with Crippen LogP contribution in [0.3, 0.4) is 0 Å². The summed E-state index contributed by atoms with van der Waals surface area (Å²) in [5.74, 6) is -0.257. The van der Waals surface area contributed by atoms with Crippen molar-refractivity contribution in [2.75, 3.05) is 19.9 Å². The molecular weight excluding hydrogens is 284 g/mol. The maximum absolute atomic E-state index is 11.9. The standard InChI is InChI=1S/C11H18N4O6/c1-2-20-11(19)15-5-14(10(18)13-9(15)12)8-3-6(17)7(4-16)21-8/h6-8,16-17H,2-5H2,1H3,(H2,12,13,18). The van der Waals surface area contributed by atoms with Crippen LogP contribution in [0.5, 0.6) is 0 Å². The fraction of sp³-hybridized carbons (Fsp3) is 0.727. The lowest BCUT2D eigenvalue weighted by Crippen LogP contribution is -2.56. The first kappa shape index (κ1) is 15.5. The van der Waals surface area contributed by atoms with Crippen molar-refractivity contribution in [1.82, 2.24) is 9.80 Å². The van der Waals surface area contributed by atoms with Crippen LogP contribution in [0.15, 0.2) is 4.99 Å². The van der Waals surface area contributed by atoms with E-state index in [1.54, 1.807) is 6.92 Å². The van der Waals surface area contributed by atoms with Crippen molar-refractivity contribution >= 4 is 18.1 Å². The van der Waals surface area contributed by atoms with Crippen LogP contribution in [0, 0.1) is 0 Å². The number of aliphatic imine (C=N–C) groups is 1. The highest BCUT2D eigenvalue weighted by molar-refractivity contribution is 6.01. The van der Waals surface area contributed by atoms with Gasteiger partial charge in [-0.25, -0.2) is 14.5 Å². The number of rotatable bonds is 3. The molecule has 0 aromatic carbocycles. The van der Waals surface area contributed by atoms with Crippen LogP contribution >= 0.6 is 0 Å². The van der Waals surface area contributed by atoms with E-state index in [0.717, 1.165) is 9.80 Å². The molecular formula is C11H18N4O6. The van der Waals surface area contributed by atoms with Gasteiger partial charge in [-0.2, -0.15) is 4.99 Å². The molecule has 21 heavy (non-hydrogen) atoms. The molecule has 1 fully saturated rings. The number of hydrogen-bond donors (Lipinski definition) is 3. The van der Waals surface area contributed by atoms with Gasteiger partial charge in [0.2, 0.25) is 5.96 Å². The monoisotopic (exact) mass is 302 g/mol. The summed E-state index contributed by atoms with van der Waals surface area (Å²) in [6.07, 6.45) is -3.08. The average Bonchev–Trinajstić information content (AvgIpc) is 2.80. The van der Waals surface area contributed by atoms with Gasteiger partial charge in [0.15, 0.2) is 0 Å². The molecule has 0 radical (unpaired) electrons. The SMILES string of the molecule is CCOC(=O)N1CN(C2CC(O)C(CO)O2)C(=O)N=C1N. The molecule has 1 saturated heterocycles. The number of aliphatic hydroxyl groups is 2. The van der Waals surface area contributed by atoms with Crippen molar-refractivity contribution in [2.24, 2.45) is 10.7 Å². The second-order valence-electron chi connectivity index (χ2n) is 4.61. The number of ether oxygens (including phenoxy) is 2. The Hall–Kier alpha value is -1.91. The smallest absolute Gasteiger partial charge is 0.418 e. The third-order valence-electron chi connectivity index (χ3n) is 3.25. The lowest BCUT2D eigenvalue weighted by Gasteiger charge is -2.34. The predicted octanol–water partition coefficient (Wildman–Crippen LogP) is -1.38. The summed E-state index contributed by atoms with van der Waals surface area (Å²) in [5.41, 5.74) is 5.54. The molecule has 2 aliphatic rings. The van der Waals surface area contributed by atoms with E-state index in [0.29, 0.717) is 0 Å². The summed E-state index contributed by atoms with van der Waals surface area (Å²) in [7, 11) is 0. The van der Waals surface area contributed by atoms with E-state index in [2.05, 4.69) is 4.99 Å². The minimum Gasteiger partial charge on any atom is -0.449 e. The molecule has 2 rings (SSSR count). The van der Waals surface area contributed by atoms with E-state index in [-0.39, 0.29) is 32.3 Å². The fourth-order valence-electron chi connectivity index (χ4n) is 2.15. The van der Waals surface area contributed by atoms with Gasteiger partial charge in [-0.1, -0.05) is 0 Å². The number of amides is 3. The molecule has 118 valence electrons. The molecule has 3 unspecified atom stereocenters. The molecule has 3 atom stereocenters. The second-order valence-corrected chi connectivity index (χ2v) is 4.61. The first-order valence-electron chi connectivity index (χ1n) is 6.51. The van der Waals surface area contributed by atoms with E-state index in [4.69, 9.17) is 20.3 Å². The molecule has 0 aliphatic carbocycles. The Bertz CT molecular complexity index is 456. The quantitative estimate of drug-likeness (QED) is 0.584. The lowest BCUT2D eigenvalue weighted by atomic mass is 10.2. The van der Waals surface area contributed by atoms with Crippen LogP contribution in [-0.4, -0.2) is 76.4 Å². The number of guanidine groups is 1. The zero-order valence-electron chi connectivity index (χ0n) is 11.5. The molecule has 0 saturated carbocycles. The van der Waals surface area contributed by atoms with Crippen LogP contribution in [0.25, 0.3) is 0 Å². The minimum atomic E-state index is -0.896. The van der Waals surface area contributed by atoms with Crippen LogP contribution < -0.4 is 5.73 Å². The maximum atomic E-state index is 11.9. The van der Waals surface area contributed by atoms with Gasteiger partial charge in [-0.05, 0) is 6.92 Å². The summed E-state index contributed by atoms with van der Waals surface area (Å²) in [4.78, 5) is 29.3. The highest BCUT2D eigenvalue weighted by Gasteiger charge is 2.42. The second kappa shape index (κ2) is 6.24. The molecule has 0 aromatic rings. The third kappa shape index (κ3) is 3.06.